The highest BCUT2D eigenvalue weighted by atomic mass is 16.7. The van der Waals surface area contributed by atoms with Crippen LogP contribution in [-0.2, 0) is 19.1 Å². The number of amides is 1. The number of benzene rings is 1. The SMILES string of the molecule is CCCCN(CCCC[N+](C)(C)C)C(=O)CN1CC(c2ccc3c(c2)OCO3)C(C(=O)O)C1CCC1OCCO1. The first-order valence-electron chi connectivity index (χ1n) is 14.8. The summed E-state index contributed by atoms with van der Waals surface area (Å²) in [4.78, 5) is 30.6. The predicted molar refractivity (Wildman–Crippen MR) is 150 cm³/mol. The van der Waals surface area contributed by atoms with E-state index in [0.29, 0.717) is 44.1 Å². The van der Waals surface area contributed by atoms with Crippen LogP contribution in [0.1, 0.15) is 56.9 Å². The average Bonchev–Trinajstić information content (AvgIpc) is 3.66. The first-order chi connectivity index (χ1) is 19.2. The molecule has 3 aliphatic heterocycles. The van der Waals surface area contributed by atoms with Crippen LogP contribution in [0.5, 0.6) is 11.5 Å². The molecule has 3 atom stereocenters. The van der Waals surface area contributed by atoms with E-state index in [1.807, 2.05) is 23.1 Å². The fraction of sp³-hybridized carbons (Fsp3) is 0.733. The minimum Gasteiger partial charge on any atom is -0.481 e. The van der Waals surface area contributed by atoms with Gasteiger partial charge in [0.2, 0.25) is 12.7 Å². The second-order valence-electron chi connectivity index (χ2n) is 12.3. The number of ether oxygens (including phenoxy) is 4. The van der Waals surface area contributed by atoms with Gasteiger partial charge in [0.05, 0.1) is 53.4 Å². The van der Waals surface area contributed by atoms with Crippen LogP contribution in [0.15, 0.2) is 18.2 Å². The lowest BCUT2D eigenvalue weighted by Gasteiger charge is -2.30. The van der Waals surface area contributed by atoms with Crippen molar-refractivity contribution in [2.24, 2.45) is 5.92 Å². The molecule has 4 rings (SSSR count). The molecule has 2 fully saturated rings. The van der Waals surface area contributed by atoms with Gasteiger partial charge in [0.15, 0.2) is 17.8 Å². The summed E-state index contributed by atoms with van der Waals surface area (Å²) < 4.78 is 23.3. The van der Waals surface area contributed by atoms with Crippen molar-refractivity contribution in [3.8, 4) is 11.5 Å². The Kier molecular flexibility index (Phi) is 10.7. The summed E-state index contributed by atoms with van der Waals surface area (Å²) in [7, 11) is 6.56. The van der Waals surface area contributed by atoms with Crippen LogP contribution >= 0.6 is 0 Å². The van der Waals surface area contributed by atoms with E-state index in [9.17, 15) is 14.7 Å². The molecule has 224 valence electrons. The standard InChI is InChI=1S/C30H47N3O7/c1-5-6-13-31(14-7-8-15-33(2,3)4)27(34)20-32-19-23(22-9-11-25-26(18-22)40-21-39-25)29(30(35)36)24(32)10-12-28-37-16-17-38-28/h9,11,18,23-24,28-29H,5-8,10,12-17,19-21H2,1-4H3/p+1. The molecule has 3 heterocycles. The molecule has 0 saturated carbocycles. The Labute approximate surface area is 238 Å². The molecule has 40 heavy (non-hydrogen) atoms. The number of unbranched alkanes of at least 4 members (excludes halogenated alkanes) is 2. The molecule has 1 aromatic rings. The van der Waals surface area contributed by atoms with E-state index in [4.69, 9.17) is 18.9 Å². The van der Waals surface area contributed by atoms with Crippen LogP contribution in [0.4, 0.5) is 0 Å². The zero-order valence-electron chi connectivity index (χ0n) is 24.7. The fourth-order valence-corrected chi connectivity index (χ4v) is 6.09. The minimum atomic E-state index is -0.848. The van der Waals surface area contributed by atoms with Crippen molar-refractivity contribution in [3.05, 3.63) is 23.8 Å². The maximum atomic E-state index is 13.7. The molecule has 1 N–H and O–H groups in total. The second-order valence-corrected chi connectivity index (χ2v) is 12.3. The Bertz CT molecular complexity index is 992. The Balaban J connectivity index is 1.50. The number of likely N-dealkylation sites (tertiary alicyclic amines) is 1. The van der Waals surface area contributed by atoms with Crippen molar-refractivity contribution in [1.82, 2.24) is 9.80 Å². The lowest BCUT2D eigenvalue weighted by atomic mass is 9.83. The van der Waals surface area contributed by atoms with Crippen molar-refractivity contribution >= 4 is 11.9 Å². The number of carboxylic acid groups (broad SMARTS) is 1. The molecule has 2 saturated heterocycles. The lowest BCUT2D eigenvalue weighted by molar-refractivity contribution is -0.870. The topological polar surface area (TPSA) is 97.8 Å². The van der Waals surface area contributed by atoms with Crippen molar-refractivity contribution < 1.29 is 38.1 Å². The van der Waals surface area contributed by atoms with Gasteiger partial charge in [-0.1, -0.05) is 19.4 Å². The zero-order chi connectivity index (χ0) is 28.7. The summed E-state index contributed by atoms with van der Waals surface area (Å²) in [6.45, 7) is 6.64. The number of rotatable bonds is 15. The summed E-state index contributed by atoms with van der Waals surface area (Å²) in [5.74, 6) is -0.400. The number of fused-ring (bicyclic) bond motifs is 1. The van der Waals surface area contributed by atoms with Gasteiger partial charge in [0.25, 0.3) is 0 Å². The van der Waals surface area contributed by atoms with Crippen LogP contribution in [0.3, 0.4) is 0 Å². The third kappa shape index (κ3) is 8.09. The van der Waals surface area contributed by atoms with Crippen molar-refractivity contribution in [3.63, 3.8) is 0 Å². The van der Waals surface area contributed by atoms with Crippen molar-refractivity contribution in [2.45, 2.75) is 63.7 Å². The molecule has 3 unspecified atom stereocenters. The molecule has 10 nitrogen and oxygen atoms in total. The highest BCUT2D eigenvalue weighted by Gasteiger charge is 2.47. The van der Waals surface area contributed by atoms with E-state index in [-0.39, 0.29) is 37.5 Å². The number of carboxylic acids is 1. The number of carbonyl (C=O) groups excluding carboxylic acids is 1. The Morgan fingerprint density at radius 1 is 1.02 bits per heavy atom. The van der Waals surface area contributed by atoms with Crippen LogP contribution in [0.25, 0.3) is 0 Å². The zero-order valence-corrected chi connectivity index (χ0v) is 24.7. The quantitative estimate of drug-likeness (QED) is 0.257. The van der Waals surface area contributed by atoms with E-state index in [0.717, 1.165) is 55.4 Å². The summed E-state index contributed by atoms with van der Waals surface area (Å²) in [5, 5.41) is 10.4. The van der Waals surface area contributed by atoms with Crippen LogP contribution < -0.4 is 9.47 Å². The summed E-state index contributed by atoms with van der Waals surface area (Å²) in [5.41, 5.74) is 0.896. The maximum absolute atomic E-state index is 13.7. The van der Waals surface area contributed by atoms with E-state index in [1.54, 1.807) is 0 Å². The smallest absolute Gasteiger partial charge is 0.308 e. The number of carbonyl (C=O) groups is 2. The van der Waals surface area contributed by atoms with Gasteiger partial charge in [-0.25, -0.2) is 0 Å². The van der Waals surface area contributed by atoms with E-state index in [1.165, 1.54) is 0 Å². The second kappa shape index (κ2) is 14.0. The fourth-order valence-electron chi connectivity index (χ4n) is 6.09. The third-order valence-electron chi connectivity index (χ3n) is 8.23. The van der Waals surface area contributed by atoms with Gasteiger partial charge in [0, 0.05) is 31.6 Å². The summed E-state index contributed by atoms with van der Waals surface area (Å²) >= 11 is 0. The predicted octanol–water partition coefficient (Wildman–Crippen LogP) is 3.15. The molecule has 1 aromatic carbocycles. The molecule has 0 aromatic heterocycles. The lowest BCUT2D eigenvalue weighted by Crippen LogP contribution is -2.45. The molecular weight excluding hydrogens is 514 g/mol. The van der Waals surface area contributed by atoms with Crippen molar-refractivity contribution in [1.29, 1.82) is 0 Å². The first kappa shape index (κ1) is 30.6. The van der Waals surface area contributed by atoms with Gasteiger partial charge in [-0.15, -0.1) is 0 Å². The normalized spacial score (nSPS) is 23.1. The van der Waals surface area contributed by atoms with Gasteiger partial charge in [0.1, 0.15) is 0 Å². The van der Waals surface area contributed by atoms with E-state index < -0.39 is 11.9 Å². The Morgan fingerprint density at radius 2 is 1.75 bits per heavy atom. The Hall–Kier alpha value is -2.40. The van der Waals surface area contributed by atoms with Gasteiger partial charge in [-0.3, -0.25) is 14.5 Å². The molecule has 10 heteroatoms. The summed E-state index contributed by atoms with van der Waals surface area (Å²) in [6.07, 6.45) is 4.84. The molecular formula is C30H48N3O7+. The number of aliphatic carboxylic acids is 1. The van der Waals surface area contributed by atoms with Crippen LogP contribution in [0.2, 0.25) is 0 Å². The molecule has 1 amide bonds. The molecule has 0 aliphatic carbocycles. The van der Waals surface area contributed by atoms with Gasteiger partial charge < -0.3 is 33.4 Å². The monoisotopic (exact) mass is 562 g/mol. The average molecular weight is 563 g/mol. The number of hydrogen-bond acceptors (Lipinski definition) is 7. The number of nitrogens with zero attached hydrogens (tertiary/aromatic N) is 3. The number of quaternary nitrogens is 1. The number of hydrogen-bond donors (Lipinski definition) is 1. The first-order valence-corrected chi connectivity index (χ1v) is 14.8. The highest BCUT2D eigenvalue weighted by molar-refractivity contribution is 5.79. The minimum absolute atomic E-state index is 0.0764. The third-order valence-corrected chi connectivity index (χ3v) is 8.23. The molecule has 3 aliphatic rings. The molecule has 0 radical (unpaired) electrons. The maximum Gasteiger partial charge on any atom is 0.308 e. The Morgan fingerprint density at radius 3 is 2.45 bits per heavy atom. The van der Waals surface area contributed by atoms with E-state index in [2.05, 4.69) is 33.0 Å². The van der Waals surface area contributed by atoms with Gasteiger partial charge in [-0.05, 0) is 49.8 Å². The van der Waals surface area contributed by atoms with Gasteiger partial charge in [-0.2, -0.15) is 0 Å². The highest BCUT2D eigenvalue weighted by Crippen LogP contribution is 2.43. The van der Waals surface area contributed by atoms with Crippen LogP contribution in [0, 0.1) is 5.92 Å². The van der Waals surface area contributed by atoms with Crippen LogP contribution in [-0.4, -0.2) is 117 Å². The van der Waals surface area contributed by atoms with Crippen molar-refractivity contribution in [2.75, 3.05) is 73.9 Å². The largest absolute Gasteiger partial charge is 0.481 e. The molecule has 0 bridgehead atoms. The summed E-state index contributed by atoms with van der Waals surface area (Å²) in [6, 6.07) is 5.37. The molecule has 0 spiro atoms. The van der Waals surface area contributed by atoms with Gasteiger partial charge >= 0.3 is 5.97 Å². The van der Waals surface area contributed by atoms with E-state index >= 15 is 0 Å².